The molecule has 2 heterocycles. The van der Waals surface area contributed by atoms with Gasteiger partial charge in [0.15, 0.2) is 5.82 Å². The molecule has 1 N–H and O–H groups in total. The van der Waals surface area contributed by atoms with Crippen LogP contribution in [0.25, 0.3) is 0 Å². The average molecular weight is 397 g/mol. The topological polar surface area (TPSA) is 92.5 Å². The van der Waals surface area contributed by atoms with Crippen molar-refractivity contribution in [1.82, 2.24) is 5.16 Å². The van der Waals surface area contributed by atoms with Gasteiger partial charge in [-0.2, -0.15) is 0 Å². The minimum Gasteiger partial charge on any atom is -0.360 e. The monoisotopic (exact) mass is 397 g/mol. The van der Waals surface area contributed by atoms with E-state index in [9.17, 15) is 13.2 Å². The number of fused-ring (bicyclic) bond motifs is 1. The lowest BCUT2D eigenvalue weighted by Gasteiger charge is -2.30. The van der Waals surface area contributed by atoms with E-state index in [4.69, 9.17) is 4.52 Å². The fourth-order valence-electron chi connectivity index (χ4n) is 3.27. The van der Waals surface area contributed by atoms with Crippen LogP contribution in [0.5, 0.6) is 0 Å². The summed E-state index contributed by atoms with van der Waals surface area (Å²) in [7, 11) is -3.70. The van der Waals surface area contributed by atoms with E-state index in [-0.39, 0.29) is 10.8 Å². The van der Waals surface area contributed by atoms with Gasteiger partial charge in [-0.25, -0.2) is 8.42 Å². The van der Waals surface area contributed by atoms with Gasteiger partial charge in [0.2, 0.25) is 0 Å². The van der Waals surface area contributed by atoms with E-state index in [2.05, 4.69) is 10.5 Å². The molecule has 8 heteroatoms. The number of benzene rings is 2. The van der Waals surface area contributed by atoms with Gasteiger partial charge in [0.25, 0.3) is 15.9 Å². The van der Waals surface area contributed by atoms with Crippen LogP contribution in [0.3, 0.4) is 0 Å². The number of carbonyl (C=O) groups excluding carboxylic acids is 1. The Kier molecular flexibility index (Phi) is 4.64. The van der Waals surface area contributed by atoms with Gasteiger partial charge >= 0.3 is 0 Å². The first-order chi connectivity index (χ1) is 13.4. The van der Waals surface area contributed by atoms with Crippen LogP contribution >= 0.6 is 0 Å². The van der Waals surface area contributed by atoms with E-state index in [1.165, 1.54) is 28.6 Å². The molecule has 4 rings (SSSR count). The Morgan fingerprint density at radius 2 is 1.89 bits per heavy atom. The van der Waals surface area contributed by atoms with Crippen LogP contribution in [-0.2, 0) is 16.4 Å². The van der Waals surface area contributed by atoms with Crippen molar-refractivity contribution in [1.29, 1.82) is 0 Å². The molecule has 0 spiro atoms. The third kappa shape index (κ3) is 3.38. The Hall–Kier alpha value is -3.13. The minimum absolute atomic E-state index is 0.151. The number of hydrogen-bond acceptors (Lipinski definition) is 5. The summed E-state index contributed by atoms with van der Waals surface area (Å²) in [6, 6.07) is 15.0. The number of aryl methyl sites for hydroxylation is 2. The summed E-state index contributed by atoms with van der Waals surface area (Å²) in [6.07, 6.45) is 1.64. The van der Waals surface area contributed by atoms with Crippen LogP contribution in [0.4, 0.5) is 11.5 Å². The van der Waals surface area contributed by atoms with E-state index < -0.39 is 10.0 Å². The summed E-state index contributed by atoms with van der Waals surface area (Å²) < 4.78 is 32.6. The third-order valence-corrected chi connectivity index (χ3v) is 6.47. The average Bonchev–Trinajstić information content (AvgIpc) is 3.12. The second-order valence-corrected chi connectivity index (χ2v) is 8.47. The molecule has 0 fully saturated rings. The lowest BCUT2D eigenvalue weighted by atomic mass is 10.0. The first-order valence-electron chi connectivity index (χ1n) is 8.90. The van der Waals surface area contributed by atoms with Gasteiger partial charge in [-0.1, -0.05) is 23.4 Å². The van der Waals surface area contributed by atoms with Crippen LogP contribution < -0.4 is 9.62 Å². The Labute approximate surface area is 163 Å². The summed E-state index contributed by atoms with van der Waals surface area (Å²) in [4.78, 5) is 12.4. The van der Waals surface area contributed by atoms with E-state index in [1.807, 2.05) is 24.3 Å². The quantitative estimate of drug-likeness (QED) is 0.729. The van der Waals surface area contributed by atoms with Gasteiger partial charge in [0.1, 0.15) is 5.76 Å². The molecule has 0 saturated heterocycles. The number of carbonyl (C=O) groups is 1. The summed E-state index contributed by atoms with van der Waals surface area (Å²) in [5, 5.41) is 6.32. The molecule has 1 amide bonds. The van der Waals surface area contributed by atoms with Crippen molar-refractivity contribution in [2.75, 3.05) is 16.2 Å². The molecular weight excluding hydrogens is 378 g/mol. The fraction of sp³-hybridized carbons (Fsp3) is 0.200. The SMILES string of the molecule is Cc1cc(NC(=O)c2ccc(S(=O)(=O)N3CCCc4ccccc43)cc2)no1. The highest BCUT2D eigenvalue weighted by molar-refractivity contribution is 7.92. The lowest BCUT2D eigenvalue weighted by Crippen LogP contribution is -2.35. The molecule has 1 aliphatic heterocycles. The zero-order valence-electron chi connectivity index (χ0n) is 15.3. The predicted octanol–water partition coefficient (Wildman–Crippen LogP) is 3.38. The summed E-state index contributed by atoms with van der Waals surface area (Å²) in [6.45, 7) is 2.16. The van der Waals surface area contributed by atoms with Gasteiger partial charge < -0.3 is 9.84 Å². The smallest absolute Gasteiger partial charge is 0.264 e. The Bertz CT molecular complexity index is 1120. The maximum absolute atomic E-state index is 13.1. The number of nitrogens with zero attached hydrogens (tertiary/aromatic N) is 2. The number of amides is 1. The van der Waals surface area contributed by atoms with Gasteiger partial charge in [-0.3, -0.25) is 9.10 Å². The Morgan fingerprint density at radius 3 is 2.61 bits per heavy atom. The molecule has 2 aromatic carbocycles. The van der Waals surface area contributed by atoms with Crippen LogP contribution in [0.15, 0.2) is 64.0 Å². The molecule has 28 heavy (non-hydrogen) atoms. The molecule has 3 aromatic rings. The van der Waals surface area contributed by atoms with Gasteiger partial charge in [0.05, 0.1) is 10.6 Å². The Morgan fingerprint density at radius 1 is 1.14 bits per heavy atom. The van der Waals surface area contributed by atoms with Crippen LogP contribution in [-0.4, -0.2) is 26.0 Å². The lowest BCUT2D eigenvalue weighted by molar-refractivity contribution is 0.102. The van der Waals surface area contributed by atoms with Gasteiger partial charge in [-0.05, 0) is 55.7 Å². The van der Waals surface area contributed by atoms with Crippen molar-refractivity contribution in [3.63, 3.8) is 0 Å². The number of para-hydroxylation sites is 1. The number of aromatic nitrogens is 1. The Balaban J connectivity index is 1.57. The molecule has 0 bridgehead atoms. The zero-order chi connectivity index (χ0) is 19.7. The molecule has 0 saturated carbocycles. The number of anilines is 2. The van der Waals surface area contributed by atoms with Crippen molar-refractivity contribution in [2.45, 2.75) is 24.7 Å². The number of nitrogens with one attached hydrogen (secondary N) is 1. The molecule has 1 aliphatic rings. The molecule has 144 valence electrons. The fourth-order valence-corrected chi connectivity index (χ4v) is 4.81. The van der Waals surface area contributed by atoms with Crippen molar-refractivity contribution >= 4 is 27.4 Å². The third-order valence-electron chi connectivity index (χ3n) is 4.64. The standard InChI is InChI=1S/C20H19N3O4S/c1-14-13-19(22-27-14)21-20(24)16-8-10-17(11-9-16)28(25,26)23-12-4-6-15-5-2-3-7-18(15)23/h2-3,5,7-11,13H,4,6,12H2,1H3,(H,21,22,24). The molecule has 0 radical (unpaired) electrons. The second-order valence-electron chi connectivity index (χ2n) is 6.61. The highest BCUT2D eigenvalue weighted by Gasteiger charge is 2.28. The van der Waals surface area contributed by atoms with E-state index >= 15 is 0 Å². The summed E-state index contributed by atoms with van der Waals surface area (Å²) >= 11 is 0. The van der Waals surface area contributed by atoms with Crippen molar-refractivity contribution < 1.29 is 17.7 Å². The normalized spacial score (nSPS) is 13.8. The van der Waals surface area contributed by atoms with E-state index in [0.717, 1.165) is 24.1 Å². The summed E-state index contributed by atoms with van der Waals surface area (Å²) in [5.74, 6) is 0.503. The maximum atomic E-state index is 13.1. The van der Waals surface area contributed by atoms with Crippen LogP contribution in [0.1, 0.15) is 28.1 Å². The van der Waals surface area contributed by atoms with E-state index in [1.54, 1.807) is 13.0 Å². The van der Waals surface area contributed by atoms with Crippen molar-refractivity contribution in [3.05, 3.63) is 71.5 Å². The number of hydrogen-bond donors (Lipinski definition) is 1. The first kappa shape index (κ1) is 18.2. The number of sulfonamides is 1. The molecular formula is C20H19N3O4S. The molecule has 0 aliphatic carbocycles. The highest BCUT2D eigenvalue weighted by atomic mass is 32.2. The van der Waals surface area contributed by atoms with Crippen molar-refractivity contribution in [3.8, 4) is 0 Å². The molecule has 1 aromatic heterocycles. The molecule has 0 unspecified atom stereocenters. The molecule has 0 atom stereocenters. The van der Waals surface area contributed by atoms with Crippen LogP contribution in [0.2, 0.25) is 0 Å². The summed E-state index contributed by atoms with van der Waals surface area (Å²) in [5.41, 5.74) is 2.08. The first-order valence-corrected chi connectivity index (χ1v) is 10.3. The maximum Gasteiger partial charge on any atom is 0.264 e. The van der Waals surface area contributed by atoms with Gasteiger partial charge in [0, 0.05) is 18.2 Å². The second kappa shape index (κ2) is 7.12. The van der Waals surface area contributed by atoms with Gasteiger partial charge in [-0.15, -0.1) is 0 Å². The predicted molar refractivity (Wildman–Crippen MR) is 105 cm³/mol. The minimum atomic E-state index is -3.70. The molecule has 7 nitrogen and oxygen atoms in total. The zero-order valence-corrected chi connectivity index (χ0v) is 16.1. The van der Waals surface area contributed by atoms with E-state index in [0.29, 0.717) is 23.7 Å². The number of rotatable bonds is 4. The highest BCUT2D eigenvalue weighted by Crippen LogP contribution is 2.31. The van der Waals surface area contributed by atoms with Crippen LogP contribution in [0, 0.1) is 6.92 Å². The van der Waals surface area contributed by atoms with Crippen molar-refractivity contribution in [2.24, 2.45) is 0 Å². The largest absolute Gasteiger partial charge is 0.360 e.